The standard InChI is InChI=1S/C16H21FN2O2/c1-11(2)15(20)18-6-8-19(9-7-18)16(21)13-5-4-12(3)10-14(13)17/h4-5,10-11H,6-9H2,1-3H3. The van der Waals surface area contributed by atoms with Crippen LogP contribution in [0.5, 0.6) is 0 Å². The summed E-state index contributed by atoms with van der Waals surface area (Å²) in [4.78, 5) is 27.6. The molecule has 21 heavy (non-hydrogen) atoms. The van der Waals surface area contributed by atoms with E-state index in [1.165, 1.54) is 12.1 Å². The molecule has 0 saturated carbocycles. The molecule has 0 aromatic heterocycles. The Morgan fingerprint density at radius 3 is 2.19 bits per heavy atom. The second kappa shape index (κ2) is 6.24. The zero-order valence-corrected chi connectivity index (χ0v) is 12.7. The highest BCUT2D eigenvalue weighted by atomic mass is 19.1. The molecule has 1 heterocycles. The molecule has 2 rings (SSSR count). The largest absolute Gasteiger partial charge is 0.339 e. The number of rotatable bonds is 2. The van der Waals surface area contributed by atoms with E-state index in [-0.39, 0.29) is 23.3 Å². The first-order valence-electron chi connectivity index (χ1n) is 7.24. The van der Waals surface area contributed by atoms with Crippen LogP contribution >= 0.6 is 0 Å². The van der Waals surface area contributed by atoms with Crippen LogP contribution in [-0.2, 0) is 4.79 Å². The molecule has 5 heteroatoms. The predicted molar refractivity (Wildman–Crippen MR) is 78.5 cm³/mol. The minimum Gasteiger partial charge on any atom is -0.339 e. The lowest BCUT2D eigenvalue weighted by Gasteiger charge is -2.35. The predicted octanol–water partition coefficient (Wildman–Crippen LogP) is 2.07. The number of carbonyl (C=O) groups excluding carboxylic acids is 2. The van der Waals surface area contributed by atoms with Crippen LogP contribution in [0, 0.1) is 18.7 Å². The summed E-state index contributed by atoms with van der Waals surface area (Å²) in [6, 6.07) is 4.62. The van der Waals surface area contributed by atoms with Gasteiger partial charge in [-0.2, -0.15) is 0 Å². The fraction of sp³-hybridized carbons (Fsp3) is 0.500. The second-order valence-corrected chi connectivity index (χ2v) is 5.76. The summed E-state index contributed by atoms with van der Waals surface area (Å²) in [5.41, 5.74) is 0.889. The minimum absolute atomic E-state index is 0.0400. The average Bonchev–Trinajstić information content (AvgIpc) is 2.46. The van der Waals surface area contributed by atoms with Crippen molar-refractivity contribution < 1.29 is 14.0 Å². The number of carbonyl (C=O) groups is 2. The van der Waals surface area contributed by atoms with Crippen LogP contribution in [0.15, 0.2) is 18.2 Å². The summed E-state index contributed by atoms with van der Waals surface area (Å²) in [5, 5.41) is 0. The first-order valence-corrected chi connectivity index (χ1v) is 7.24. The van der Waals surface area contributed by atoms with Gasteiger partial charge in [0.25, 0.3) is 5.91 Å². The monoisotopic (exact) mass is 292 g/mol. The van der Waals surface area contributed by atoms with Crippen molar-refractivity contribution in [3.8, 4) is 0 Å². The van der Waals surface area contributed by atoms with Gasteiger partial charge in [-0.25, -0.2) is 4.39 Å². The van der Waals surface area contributed by atoms with Crippen LogP contribution in [-0.4, -0.2) is 47.8 Å². The third-order valence-electron chi connectivity index (χ3n) is 3.73. The molecular weight excluding hydrogens is 271 g/mol. The number of nitrogens with zero attached hydrogens (tertiary/aromatic N) is 2. The minimum atomic E-state index is -0.485. The highest BCUT2D eigenvalue weighted by molar-refractivity contribution is 5.94. The first kappa shape index (κ1) is 15.5. The molecule has 0 spiro atoms. The number of halogens is 1. The van der Waals surface area contributed by atoms with Crippen LogP contribution < -0.4 is 0 Å². The molecule has 4 nitrogen and oxygen atoms in total. The molecule has 1 aromatic rings. The number of aryl methyl sites for hydroxylation is 1. The van der Waals surface area contributed by atoms with E-state index >= 15 is 0 Å². The number of piperazine rings is 1. The number of benzene rings is 1. The highest BCUT2D eigenvalue weighted by Gasteiger charge is 2.27. The quantitative estimate of drug-likeness (QED) is 0.837. The van der Waals surface area contributed by atoms with Crippen molar-refractivity contribution in [1.82, 2.24) is 9.80 Å². The molecule has 1 aromatic carbocycles. The summed E-state index contributed by atoms with van der Waals surface area (Å²) in [5.74, 6) is -0.727. The molecule has 114 valence electrons. The fourth-order valence-corrected chi connectivity index (χ4v) is 2.46. The molecule has 0 N–H and O–H groups in total. The van der Waals surface area contributed by atoms with E-state index in [0.29, 0.717) is 26.2 Å². The van der Waals surface area contributed by atoms with E-state index in [1.807, 2.05) is 13.8 Å². The van der Waals surface area contributed by atoms with Crippen molar-refractivity contribution in [2.24, 2.45) is 5.92 Å². The Bertz CT molecular complexity index is 549. The Labute approximate surface area is 124 Å². The Morgan fingerprint density at radius 1 is 1.10 bits per heavy atom. The van der Waals surface area contributed by atoms with Gasteiger partial charge in [0.05, 0.1) is 5.56 Å². The maximum Gasteiger partial charge on any atom is 0.256 e. The van der Waals surface area contributed by atoms with Crippen LogP contribution in [0.2, 0.25) is 0 Å². The average molecular weight is 292 g/mol. The van der Waals surface area contributed by atoms with Gasteiger partial charge in [0.2, 0.25) is 5.91 Å². The Morgan fingerprint density at radius 2 is 1.67 bits per heavy atom. The molecule has 0 radical (unpaired) electrons. The Kier molecular flexibility index (Phi) is 4.60. The zero-order chi connectivity index (χ0) is 15.6. The zero-order valence-electron chi connectivity index (χ0n) is 12.7. The maximum absolute atomic E-state index is 13.9. The van der Waals surface area contributed by atoms with Crippen LogP contribution in [0.3, 0.4) is 0 Å². The summed E-state index contributed by atoms with van der Waals surface area (Å²) in [6.07, 6.45) is 0. The molecule has 0 bridgehead atoms. The van der Waals surface area contributed by atoms with Gasteiger partial charge in [-0.05, 0) is 24.6 Å². The van der Waals surface area contributed by atoms with Crippen LogP contribution in [0.1, 0.15) is 29.8 Å². The molecule has 1 aliphatic rings. The van der Waals surface area contributed by atoms with Crippen molar-refractivity contribution in [1.29, 1.82) is 0 Å². The second-order valence-electron chi connectivity index (χ2n) is 5.76. The first-order chi connectivity index (χ1) is 9.90. The van der Waals surface area contributed by atoms with E-state index in [0.717, 1.165) is 5.56 Å². The number of hydrogen-bond donors (Lipinski definition) is 0. The number of amides is 2. The summed E-state index contributed by atoms with van der Waals surface area (Å²) < 4.78 is 13.9. The van der Waals surface area contributed by atoms with Gasteiger partial charge < -0.3 is 9.80 Å². The molecule has 1 saturated heterocycles. The Hall–Kier alpha value is -1.91. The van der Waals surface area contributed by atoms with Crippen LogP contribution in [0.4, 0.5) is 4.39 Å². The fourth-order valence-electron chi connectivity index (χ4n) is 2.46. The molecule has 0 aliphatic carbocycles. The molecular formula is C16H21FN2O2. The molecule has 1 aliphatic heterocycles. The lowest BCUT2D eigenvalue weighted by molar-refractivity contribution is -0.135. The molecule has 0 atom stereocenters. The molecule has 0 unspecified atom stereocenters. The molecule has 2 amide bonds. The normalized spacial score (nSPS) is 15.5. The third-order valence-corrected chi connectivity index (χ3v) is 3.73. The van der Waals surface area contributed by atoms with E-state index in [2.05, 4.69) is 0 Å². The lowest BCUT2D eigenvalue weighted by Crippen LogP contribution is -2.51. The van der Waals surface area contributed by atoms with Gasteiger partial charge in [-0.1, -0.05) is 19.9 Å². The van der Waals surface area contributed by atoms with E-state index in [9.17, 15) is 14.0 Å². The summed E-state index contributed by atoms with van der Waals surface area (Å²) >= 11 is 0. The van der Waals surface area contributed by atoms with Gasteiger partial charge in [0, 0.05) is 32.1 Å². The topological polar surface area (TPSA) is 40.6 Å². The third kappa shape index (κ3) is 3.40. The molecule has 1 fully saturated rings. The maximum atomic E-state index is 13.9. The lowest BCUT2D eigenvalue weighted by atomic mass is 10.1. The van der Waals surface area contributed by atoms with Crippen molar-refractivity contribution in [3.05, 3.63) is 35.1 Å². The van der Waals surface area contributed by atoms with Crippen molar-refractivity contribution in [3.63, 3.8) is 0 Å². The van der Waals surface area contributed by atoms with Crippen molar-refractivity contribution >= 4 is 11.8 Å². The summed E-state index contributed by atoms with van der Waals surface area (Å²) in [6.45, 7) is 7.43. The van der Waals surface area contributed by atoms with Gasteiger partial charge in [0.1, 0.15) is 5.82 Å². The number of hydrogen-bond acceptors (Lipinski definition) is 2. The SMILES string of the molecule is Cc1ccc(C(=O)N2CCN(C(=O)C(C)C)CC2)c(F)c1. The van der Waals surface area contributed by atoms with E-state index in [1.54, 1.807) is 22.8 Å². The smallest absolute Gasteiger partial charge is 0.256 e. The van der Waals surface area contributed by atoms with Crippen LogP contribution in [0.25, 0.3) is 0 Å². The van der Waals surface area contributed by atoms with Gasteiger partial charge in [-0.3, -0.25) is 9.59 Å². The highest BCUT2D eigenvalue weighted by Crippen LogP contribution is 2.15. The van der Waals surface area contributed by atoms with E-state index < -0.39 is 5.82 Å². The summed E-state index contributed by atoms with van der Waals surface area (Å²) in [7, 11) is 0. The van der Waals surface area contributed by atoms with E-state index in [4.69, 9.17) is 0 Å². The van der Waals surface area contributed by atoms with Gasteiger partial charge >= 0.3 is 0 Å². The Balaban J connectivity index is 2.02. The van der Waals surface area contributed by atoms with Crippen molar-refractivity contribution in [2.75, 3.05) is 26.2 Å². The van der Waals surface area contributed by atoms with Gasteiger partial charge in [0.15, 0.2) is 0 Å². The van der Waals surface area contributed by atoms with Crippen molar-refractivity contribution in [2.45, 2.75) is 20.8 Å². The van der Waals surface area contributed by atoms with Gasteiger partial charge in [-0.15, -0.1) is 0 Å².